The maximum absolute atomic E-state index is 10.8. The van der Waals surface area contributed by atoms with Gasteiger partial charge in [0, 0.05) is 27.8 Å². The van der Waals surface area contributed by atoms with Crippen molar-refractivity contribution < 1.29 is 19.3 Å². The van der Waals surface area contributed by atoms with E-state index in [0.717, 1.165) is 10.5 Å². The number of ether oxygens (including phenoxy) is 3. The molecule has 1 aromatic carbocycles. The van der Waals surface area contributed by atoms with Crippen molar-refractivity contribution in [2.45, 2.75) is 41.0 Å². The van der Waals surface area contributed by atoms with Gasteiger partial charge in [-0.2, -0.15) is 0 Å². The summed E-state index contributed by atoms with van der Waals surface area (Å²) in [5.74, 6) is 0. The molecule has 3 heterocycles. The number of aromatic nitrogens is 1. The SMILES string of the molecule is [N-]=[N+]=N[C@@H]1[C@@H](O)[C@@H](Sc2cncc(Cl)c2)O[C@@H]2COC(c3ccccc3)O[C@H]12. The van der Waals surface area contributed by atoms with E-state index in [-0.39, 0.29) is 6.61 Å². The average Bonchev–Trinajstić information content (AvgIpc) is 2.71. The summed E-state index contributed by atoms with van der Waals surface area (Å²) >= 11 is 7.23. The lowest BCUT2D eigenvalue weighted by atomic mass is 9.97. The zero-order chi connectivity index (χ0) is 19.5. The molecule has 10 heteroatoms. The van der Waals surface area contributed by atoms with Gasteiger partial charge < -0.3 is 19.3 Å². The minimum atomic E-state index is -1.07. The highest BCUT2D eigenvalue weighted by molar-refractivity contribution is 7.99. The van der Waals surface area contributed by atoms with Crippen LogP contribution in [0.3, 0.4) is 0 Å². The van der Waals surface area contributed by atoms with Crippen molar-refractivity contribution in [2.75, 3.05) is 6.61 Å². The third-order valence-electron chi connectivity index (χ3n) is 4.52. The Bertz CT molecular complexity index is 870. The summed E-state index contributed by atoms with van der Waals surface area (Å²) in [7, 11) is 0. The Labute approximate surface area is 170 Å². The highest BCUT2D eigenvalue weighted by Gasteiger charge is 2.49. The number of halogens is 1. The van der Waals surface area contributed by atoms with E-state index in [2.05, 4.69) is 15.0 Å². The van der Waals surface area contributed by atoms with Crippen molar-refractivity contribution in [3.8, 4) is 0 Å². The zero-order valence-electron chi connectivity index (χ0n) is 14.5. The van der Waals surface area contributed by atoms with E-state index in [4.69, 9.17) is 31.3 Å². The lowest BCUT2D eigenvalue weighted by molar-refractivity contribution is -0.297. The van der Waals surface area contributed by atoms with E-state index in [0.29, 0.717) is 5.02 Å². The second-order valence-corrected chi connectivity index (χ2v) is 7.97. The molecule has 0 saturated carbocycles. The number of nitrogens with zero attached hydrogens (tertiary/aromatic N) is 4. The first-order chi connectivity index (χ1) is 13.7. The molecule has 8 nitrogen and oxygen atoms in total. The van der Waals surface area contributed by atoms with Crippen molar-refractivity contribution in [1.29, 1.82) is 0 Å². The molecule has 0 amide bonds. The topological polar surface area (TPSA) is 110 Å². The van der Waals surface area contributed by atoms with Crippen LogP contribution < -0.4 is 0 Å². The van der Waals surface area contributed by atoms with Gasteiger partial charge in [-0.3, -0.25) is 4.98 Å². The molecule has 0 aliphatic carbocycles. The molecular weight excluding hydrogens is 404 g/mol. The van der Waals surface area contributed by atoms with Crippen molar-refractivity contribution in [3.63, 3.8) is 0 Å². The number of aliphatic hydroxyl groups is 1. The van der Waals surface area contributed by atoms with Crippen LogP contribution in [-0.2, 0) is 14.2 Å². The molecule has 2 fully saturated rings. The summed E-state index contributed by atoms with van der Waals surface area (Å²) in [6, 6.07) is 10.4. The number of rotatable bonds is 4. The second kappa shape index (κ2) is 8.67. The molecule has 2 aliphatic heterocycles. The Morgan fingerprint density at radius 1 is 1.25 bits per heavy atom. The summed E-state index contributed by atoms with van der Waals surface area (Å²) in [5.41, 5.74) is 9.17. The molecule has 2 aromatic rings. The Balaban J connectivity index is 1.54. The largest absolute Gasteiger partial charge is 0.389 e. The predicted octanol–water partition coefficient (Wildman–Crippen LogP) is 3.71. The van der Waals surface area contributed by atoms with Gasteiger partial charge in [0.05, 0.1) is 17.7 Å². The molecule has 2 aliphatic rings. The molecule has 1 aromatic heterocycles. The minimum Gasteiger partial charge on any atom is -0.389 e. The van der Waals surface area contributed by atoms with Gasteiger partial charge in [0.2, 0.25) is 0 Å². The highest BCUT2D eigenvalue weighted by Crippen LogP contribution is 2.40. The fourth-order valence-electron chi connectivity index (χ4n) is 3.24. The highest BCUT2D eigenvalue weighted by atomic mass is 35.5. The van der Waals surface area contributed by atoms with Gasteiger partial charge >= 0.3 is 0 Å². The lowest BCUT2D eigenvalue weighted by Crippen LogP contribution is -2.60. The lowest BCUT2D eigenvalue weighted by Gasteiger charge is -2.46. The normalized spacial score (nSPS) is 32.2. The number of azide groups is 1. The van der Waals surface area contributed by atoms with Crippen LogP contribution in [0.1, 0.15) is 11.9 Å². The number of fused-ring (bicyclic) bond motifs is 1. The van der Waals surface area contributed by atoms with Gasteiger partial charge in [0.25, 0.3) is 0 Å². The summed E-state index contributed by atoms with van der Waals surface area (Å²) < 4.78 is 17.8. The fourth-order valence-corrected chi connectivity index (χ4v) is 4.56. The molecule has 1 N–H and O–H groups in total. The second-order valence-electron chi connectivity index (χ2n) is 6.36. The molecule has 1 unspecified atom stereocenters. The van der Waals surface area contributed by atoms with Gasteiger partial charge in [-0.15, -0.1) is 0 Å². The Hall–Kier alpha value is -1.84. The molecular formula is C18H17ClN4O4S. The smallest absolute Gasteiger partial charge is 0.184 e. The van der Waals surface area contributed by atoms with Crippen LogP contribution in [-0.4, -0.2) is 46.5 Å². The zero-order valence-corrected chi connectivity index (χ0v) is 16.1. The number of thioether (sulfide) groups is 1. The molecule has 4 rings (SSSR count). The van der Waals surface area contributed by atoms with E-state index in [1.54, 1.807) is 12.3 Å². The van der Waals surface area contributed by atoms with Crippen molar-refractivity contribution in [1.82, 2.24) is 4.98 Å². The third-order valence-corrected chi connectivity index (χ3v) is 5.85. The molecule has 0 bridgehead atoms. The Morgan fingerprint density at radius 3 is 2.82 bits per heavy atom. The van der Waals surface area contributed by atoms with Gasteiger partial charge in [0.1, 0.15) is 23.7 Å². The quantitative estimate of drug-likeness (QED) is 0.458. The van der Waals surface area contributed by atoms with Gasteiger partial charge in [-0.05, 0) is 11.6 Å². The van der Waals surface area contributed by atoms with Crippen LogP contribution in [0.25, 0.3) is 10.4 Å². The van der Waals surface area contributed by atoms with E-state index in [1.807, 2.05) is 30.3 Å². The summed E-state index contributed by atoms with van der Waals surface area (Å²) in [4.78, 5) is 7.66. The van der Waals surface area contributed by atoms with Gasteiger partial charge in [0.15, 0.2) is 6.29 Å². The number of aliphatic hydroxyl groups excluding tert-OH is 1. The van der Waals surface area contributed by atoms with E-state index in [1.165, 1.54) is 18.0 Å². The van der Waals surface area contributed by atoms with Crippen molar-refractivity contribution in [3.05, 3.63) is 69.8 Å². The summed E-state index contributed by atoms with van der Waals surface area (Å²) in [6.07, 6.45) is 0.352. The molecule has 146 valence electrons. The van der Waals surface area contributed by atoms with Crippen molar-refractivity contribution in [2.24, 2.45) is 5.11 Å². The number of pyridine rings is 1. The van der Waals surface area contributed by atoms with Crippen LogP contribution >= 0.6 is 23.4 Å². The first-order valence-corrected chi connectivity index (χ1v) is 9.88. The number of hydrogen-bond acceptors (Lipinski definition) is 7. The third kappa shape index (κ3) is 4.11. The Morgan fingerprint density at radius 2 is 2.07 bits per heavy atom. The maximum Gasteiger partial charge on any atom is 0.184 e. The molecule has 0 radical (unpaired) electrons. The molecule has 28 heavy (non-hydrogen) atoms. The van der Waals surface area contributed by atoms with E-state index < -0.39 is 36.1 Å². The average molecular weight is 421 g/mol. The Kier molecular flexibility index (Phi) is 6.03. The van der Waals surface area contributed by atoms with Crippen LogP contribution in [0.4, 0.5) is 0 Å². The minimum absolute atomic E-state index is 0.249. The van der Waals surface area contributed by atoms with Crippen LogP contribution in [0.2, 0.25) is 5.02 Å². The number of hydrogen-bond donors (Lipinski definition) is 1. The van der Waals surface area contributed by atoms with Crippen LogP contribution in [0.15, 0.2) is 58.8 Å². The standard InChI is InChI=1S/C18H17ClN4O4S/c19-11-6-12(8-21-7-11)28-18-15(24)14(22-23-20)16-13(26-18)9-25-17(27-16)10-4-2-1-3-5-10/h1-8,13-18,24H,9H2/t13-,14-,15-,16+,17?,18-/m1/s1. The van der Waals surface area contributed by atoms with Gasteiger partial charge in [-0.25, -0.2) is 0 Å². The molecule has 6 atom stereocenters. The molecule has 0 spiro atoms. The monoisotopic (exact) mass is 420 g/mol. The predicted molar refractivity (Wildman–Crippen MR) is 103 cm³/mol. The van der Waals surface area contributed by atoms with Crippen molar-refractivity contribution >= 4 is 23.4 Å². The number of benzene rings is 1. The van der Waals surface area contributed by atoms with E-state index in [9.17, 15) is 5.11 Å². The summed E-state index contributed by atoms with van der Waals surface area (Å²) in [6.45, 7) is 0.249. The van der Waals surface area contributed by atoms with Gasteiger partial charge in [-0.1, -0.05) is 58.8 Å². The molecule has 2 saturated heterocycles. The maximum atomic E-state index is 10.8. The first kappa shape index (κ1) is 19.5. The summed E-state index contributed by atoms with van der Waals surface area (Å²) in [5, 5.41) is 15.1. The van der Waals surface area contributed by atoms with Crippen LogP contribution in [0, 0.1) is 0 Å². The van der Waals surface area contributed by atoms with Crippen LogP contribution in [0.5, 0.6) is 0 Å². The first-order valence-electron chi connectivity index (χ1n) is 8.62. The van der Waals surface area contributed by atoms with E-state index >= 15 is 0 Å². The fraction of sp³-hybridized carbons (Fsp3) is 0.389.